The van der Waals surface area contributed by atoms with E-state index in [0.29, 0.717) is 12.6 Å². The van der Waals surface area contributed by atoms with Crippen molar-refractivity contribution in [1.29, 1.82) is 0 Å². The van der Waals surface area contributed by atoms with E-state index in [2.05, 4.69) is 59.4 Å². The van der Waals surface area contributed by atoms with Crippen LogP contribution in [-0.2, 0) is 6.61 Å². The molecular weight excluding hydrogens is 414 g/mol. The molecule has 1 heterocycles. The molecule has 150 valence electrons. The van der Waals surface area contributed by atoms with Crippen LogP contribution in [0.15, 0.2) is 46.9 Å². The first-order valence-electron chi connectivity index (χ1n) is 10.4. The van der Waals surface area contributed by atoms with Crippen LogP contribution in [0.25, 0.3) is 0 Å². The number of halogens is 1. The fourth-order valence-corrected chi connectivity index (χ4v) is 4.47. The van der Waals surface area contributed by atoms with Crippen LogP contribution in [0.4, 0.5) is 0 Å². The Kier molecular flexibility index (Phi) is 5.98. The summed E-state index contributed by atoms with van der Waals surface area (Å²) in [6, 6.07) is 14.9. The molecule has 1 atom stereocenters. The van der Waals surface area contributed by atoms with Crippen molar-refractivity contribution in [1.82, 2.24) is 5.32 Å². The van der Waals surface area contributed by atoms with Gasteiger partial charge in [0.2, 0.25) is 0 Å². The molecule has 2 aromatic rings. The lowest BCUT2D eigenvalue weighted by atomic mass is 10.0. The smallest absolute Gasteiger partial charge is 0.162 e. The molecule has 4 heteroatoms. The standard InChI is InChI=1S/C24H30BrNO2/c1-24(2)12-10-21(26-24)19-14-22(27-13-11-17-8-9-17)23(15-20(19)25)28-16-18-6-4-3-5-7-18/h3-7,14-15,17,21,26H,8-13,16H2,1-2H3. The summed E-state index contributed by atoms with van der Waals surface area (Å²) in [6.45, 7) is 5.84. The molecule has 1 aliphatic carbocycles. The number of benzene rings is 2. The fraction of sp³-hybridized carbons (Fsp3) is 0.500. The average Bonchev–Trinajstić information content (AvgIpc) is 3.43. The lowest BCUT2D eigenvalue weighted by molar-refractivity contribution is 0.255. The summed E-state index contributed by atoms with van der Waals surface area (Å²) in [5.41, 5.74) is 2.60. The summed E-state index contributed by atoms with van der Waals surface area (Å²) >= 11 is 3.78. The van der Waals surface area contributed by atoms with Crippen molar-refractivity contribution in [2.45, 2.75) is 64.1 Å². The number of nitrogens with one attached hydrogen (secondary N) is 1. The maximum absolute atomic E-state index is 6.21. The van der Waals surface area contributed by atoms with Crippen molar-refractivity contribution in [2.24, 2.45) is 5.92 Å². The fourth-order valence-electron chi connectivity index (χ4n) is 3.88. The van der Waals surface area contributed by atoms with Gasteiger partial charge >= 0.3 is 0 Å². The van der Waals surface area contributed by atoms with E-state index in [4.69, 9.17) is 9.47 Å². The summed E-state index contributed by atoms with van der Waals surface area (Å²) in [5, 5.41) is 3.75. The van der Waals surface area contributed by atoms with Crippen LogP contribution in [0.5, 0.6) is 11.5 Å². The monoisotopic (exact) mass is 443 g/mol. The highest BCUT2D eigenvalue weighted by Gasteiger charge is 2.32. The number of hydrogen-bond acceptors (Lipinski definition) is 3. The molecule has 0 spiro atoms. The molecule has 28 heavy (non-hydrogen) atoms. The third-order valence-corrected chi connectivity index (χ3v) is 6.47. The van der Waals surface area contributed by atoms with Crippen molar-refractivity contribution in [3.8, 4) is 11.5 Å². The van der Waals surface area contributed by atoms with Gasteiger partial charge in [-0.3, -0.25) is 0 Å². The quantitative estimate of drug-likeness (QED) is 0.510. The zero-order valence-corrected chi connectivity index (χ0v) is 18.4. The van der Waals surface area contributed by atoms with Crippen LogP contribution >= 0.6 is 15.9 Å². The van der Waals surface area contributed by atoms with Crippen molar-refractivity contribution in [3.05, 3.63) is 58.1 Å². The molecule has 0 amide bonds. The van der Waals surface area contributed by atoms with Gasteiger partial charge in [0, 0.05) is 16.1 Å². The molecule has 3 nitrogen and oxygen atoms in total. The van der Waals surface area contributed by atoms with Crippen molar-refractivity contribution in [2.75, 3.05) is 6.61 Å². The molecule has 1 aliphatic heterocycles. The van der Waals surface area contributed by atoms with Crippen molar-refractivity contribution >= 4 is 15.9 Å². The minimum Gasteiger partial charge on any atom is -0.490 e. The number of hydrogen-bond donors (Lipinski definition) is 1. The van der Waals surface area contributed by atoms with E-state index in [9.17, 15) is 0 Å². The van der Waals surface area contributed by atoms with Gasteiger partial charge in [-0.25, -0.2) is 0 Å². The van der Waals surface area contributed by atoms with Gasteiger partial charge in [0.05, 0.1) is 6.61 Å². The second kappa shape index (κ2) is 8.46. The predicted octanol–water partition coefficient (Wildman–Crippen LogP) is 6.41. The predicted molar refractivity (Wildman–Crippen MR) is 117 cm³/mol. The minimum absolute atomic E-state index is 0.180. The highest BCUT2D eigenvalue weighted by atomic mass is 79.9. The van der Waals surface area contributed by atoms with Crippen LogP contribution in [0.1, 0.15) is 63.1 Å². The molecular formula is C24H30BrNO2. The third-order valence-electron chi connectivity index (χ3n) is 5.78. The zero-order chi connectivity index (χ0) is 19.6. The Balaban J connectivity index is 1.53. The zero-order valence-electron chi connectivity index (χ0n) is 16.8. The summed E-state index contributed by atoms with van der Waals surface area (Å²) in [5.74, 6) is 2.54. The van der Waals surface area contributed by atoms with Gasteiger partial charge in [0.25, 0.3) is 0 Å². The summed E-state index contributed by atoms with van der Waals surface area (Å²) < 4.78 is 13.5. The minimum atomic E-state index is 0.180. The molecule has 2 aliphatic rings. The van der Waals surface area contributed by atoms with Gasteiger partial charge < -0.3 is 14.8 Å². The molecule has 0 radical (unpaired) electrons. The number of rotatable bonds is 8. The van der Waals surface area contributed by atoms with Gasteiger partial charge in [-0.1, -0.05) is 59.1 Å². The van der Waals surface area contributed by atoms with E-state index in [1.54, 1.807) is 0 Å². The van der Waals surface area contributed by atoms with Crippen LogP contribution in [0.3, 0.4) is 0 Å². The van der Waals surface area contributed by atoms with Crippen LogP contribution in [0.2, 0.25) is 0 Å². The molecule has 1 unspecified atom stereocenters. The van der Waals surface area contributed by atoms with E-state index >= 15 is 0 Å². The van der Waals surface area contributed by atoms with E-state index in [1.807, 2.05) is 18.2 Å². The third kappa shape index (κ3) is 5.09. The molecule has 4 rings (SSSR count). The summed E-state index contributed by atoms with van der Waals surface area (Å²) in [4.78, 5) is 0. The molecule has 1 N–H and O–H groups in total. The first-order valence-corrected chi connectivity index (χ1v) is 11.2. The Labute approximate surface area is 177 Å². The molecule has 1 saturated heterocycles. The van der Waals surface area contributed by atoms with Crippen LogP contribution in [-0.4, -0.2) is 12.1 Å². The normalized spacial score (nSPS) is 20.9. The lowest BCUT2D eigenvalue weighted by Gasteiger charge is -2.22. The Morgan fingerprint density at radius 1 is 1.04 bits per heavy atom. The molecule has 2 fully saturated rings. The topological polar surface area (TPSA) is 30.5 Å². The van der Waals surface area contributed by atoms with Gasteiger partial charge in [-0.15, -0.1) is 0 Å². The Morgan fingerprint density at radius 2 is 1.79 bits per heavy atom. The highest BCUT2D eigenvalue weighted by Crippen LogP contribution is 2.42. The SMILES string of the molecule is CC1(C)CCC(c2cc(OCCC3CC3)c(OCc3ccccc3)cc2Br)N1. The maximum atomic E-state index is 6.21. The second-order valence-corrected chi connectivity index (χ2v) is 9.65. The summed E-state index contributed by atoms with van der Waals surface area (Å²) in [6.07, 6.45) is 6.16. The molecule has 2 aromatic carbocycles. The molecule has 0 aromatic heterocycles. The number of ether oxygens (including phenoxy) is 2. The first-order chi connectivity index (χ1) is 13.5. The molecule has 0 bridgehead atoms. The van der Waals surface area contributed by atoms with Crippen LogP contribution < -0.4 is 14.8 Å². The highest BCUT2D eigenvalue weighted by molar-refractivity contribution is 9.10. The second-order valence-electron chi connectivity index (χ2n) is 8.79. The van der Waals surface area contributed by atoms with Gasteiger partial charge in [-0.2, -0.15) is 0 Å². The van der Waals surface area contributed by atoms with Crippen molar-refractivity contribution in [3.63, 3.8) is 0 Å². The van der Waals surface area contributed by atoms with E-state index < -0.39 is 0 Å². The Hall–Kier alpha value is -1.52. The Bertz CT molecular complexity index is 802. The van der Waals surface area contributed by atoms with Gasteiger partial charge in [0.15, 0.2) is 11.5 Å². The Morgan fingerprint density at radius 3 is 2.46 bits per heavy atom. The largest absolute Gasteiger partial charge is 0.490 e. The summed E-state index contributed by atoms with van der Waals surface area (Å²) in [7, 11) is 0. The lowest BCUT2D eigenvalue weighted by Crippen LogP contribution is -2.33. The maximum Gasteiger partial charge on any atom is 0.162 e. The first kappa shape index (κ1) is 19.8. The average molecular weight is 444 g/mol. The van der Waals surface area contributed by atoms with E-state index in [0.717, 1.165) is 46.9 Å². The van der Waals surface area contributed by atoms with Crippen LogP contribution in [0, 0.1) is 5.92 Å². The van der Waals surface area contributed by atoms with Gasteiger partial charge in [-0.05, 0) is 62.3 Å². The van der Waals surface area contributed by atoms with Gasteiger partial charge in [0.1, 0.15) is 6.61 Å². The van der Waals surface area contributed by atoms with E-state index in [-0.39, 0.29) is 5.54 Å². The molecule has 1 saturated carbocycles. The van der Waals surface area contributed by atoms with E-state index in [1.165, 1.54) is 24.8 Å². The van der Waals surface area contributed by atoms with Crippen molar-refractivity contribution < 1.29 is 9.47 Å².